The van der Waals surface area contributed by atoms with Crippen molar-refractivity contribution in [1.29, 1.82) is 0 Å². The van der Waals surface area contributed by atoms with Crippen LogP contribution in [0.25, 0.3) is 0 Å². The Balaban J connectivity index is 2.03. The highest BCUT2D eigenvalue weighted by atomic mass is 16.3. The molecule has 1 aromatic rings. The third-order valence-electron chi connectivity index (χ3n) is 4.21. The van der Waals surface area contributed by atoms with Gasteiger partial charge in [0.2, 0.25) is 11.8 Å². The molecule has 0 radical (unpaired) electrons. The molecule has 1 saturated heterocycles. The number of carbonyl (C=O) groups excluding carboxylic acids is 2. The highest BCUT2D eigenvalue weighted by molar-refractivity contribution is 6.22. The van der Waals surface area contributed by atoms with E-state index in [2.05, 4.69) is 0 Å². The van der Waals surface area contributed by atoms with Gasteiger partial charge in [0.1, 0.15) is 5.75 Å². The number of fused-ring (bicyclic) bond motifs is 1. The monoisotopic (exact) mass is 259 g/mol. The van der Waals surface area contributed by atoms with Crippen LogP contribution in [0.3, 0.4) is 0 Å². The van der Waals surface area contributed by atoms with E-state index in [0.29, 0.717) is 5.69 Å². The lowest BCUT2D eigenvalue weighted by Gasteiger charge is -2.19. The van der Waals surface area contributed by atoms with Gasteiger partial charge in [-0.3, -0.25) is 9.59 Å². The van der Waals surface area contributed by atoms with Gasteiger partial charge in [-0.1, -0.05) is 18.9 Å². The smallest absolute Gasteiger partial charge is 0.237 e. The highest BCUT2D eigenvalue weighted by Crippen LogP contribution is 2.42. The molecule has 1 N–H and O–H groups in total. The first kappa shape index (κ1) is 12.2. The molecule has 1 saturated carbocycles. The average molecular weight is 259 g/mol. The third kappa shape index (κ3) is 1.82. The van der Waals surface area contributed by atoms with Crippen molar-refractivity contribution in [3.8, 4) is 5.75 Å². The Morgan fingerprint density at radius 2 is 1.68 bits per heavy atom. The predicted molar refractivity (Wildman–Crippen MR) is 70.8 cm³/mol. The minimum absolute atomic E-state index is 0.00838. The van der Waals surface area contributed by atoms with Crippen LogP contribution in [-0.4, -0.2) is 16.9 Å². The summed E-state index contributed by atoms with van der Waals surface area (Å²) in [5, 5.41) is 9.92. The molecule has 100 valence electrons. The summed E-state index contributed by atoms with van der Waals surface area (Å²) < 4.78 is 0. The molecule has 1 aliphatic heterocycles. The summed E-state index contributed by atoms with van der Waals surface area (Å²) in [6.45, 7) is 1.88. The third-order valence-corrected chi connectivity index (χ3v) is 4.21. The lowest BCUT2D eigenvalue weighted by molar-refractivity contribution is -0.122. The van der Waals surface area contributed by atoms with E-state index >= 15 is 0 Å². The molecule has 19 heavy (non-hydrogen) atoms. The highest BCUT2D eigenvalue weighted by Gasteiger charge is 2.49. The minimum Gasteiger partial charge on any atom is -0.506 e. The Hall–Kier alpha value is -1.84. The number of aryl methyl sites for hydroxylation is 1. The molecule has 1 aromatic carbocycles. The Bertz CT molecular complexity index is 528. The van der Waals surface area contributed by atoms with Crippen LogP contribution in [0.5, 0.6) is 5.75 Å². The number of amides is 2. The fourth-order valence-electron chi connectivity index (χ4n) is 3.21. The molecule has 0 aromatic heterocycles. The van der Waals surface area contributed by atoms with E-state index in [1.807, 2.05) is 6.92 Å². The molecule has 2 aliphatic rings. The van der Waals surface area contributed by atoms with E-state index in [-0.39, 0.29) is 29.4 Å². The molecule has 2 atom stereocenters. The number of rotatable bonds is 1. The predicted octanol–water partition coefficient (Wildman–Crippen LogP) is 2.38. The van der Waals surface area contributed by atoms with Crippen molar-refractivity contribution in [2.75, 3.05) is 4.90 Å². The maximum absolute atomic E-state index is 12.4. The number of hydrogen-bond donors (Lipinski definition) is 1. The van der Waals surface area contributed by atoms with Gasteiger partial charge in [0.15, 0.2) is 0 Å². The summed E-state index contributed by atoms with van der Waals surface area (Å²) in [4.78, 5) is 26.0. The Kier molecular flexibility index (Phi) is 2.81. The summed E-state index contributed by atoms with van der Waals surface area (Å²) in [7, 11) is 0. The van der Waals surface area contributed by atoms with E-state index in [0.717, 1.165) is 31.2 Å². The molecule has 3 rings (SSSR count). The van der Waals surface area contributed by atoms with Crippen molar-refractivity contribution in [2.45, 2.75) is 32.6 Å². The summed E-state index contributed by atoms with van der Waals surface area (Å²) in [5.74, 6) is -0.653. The van der Waals surface area contributed by atoms with Crippen molar-refractivity contribution in [1.82, 2.24) is 0 Å². The average Bonchev–Trinajstić information content (AvgIpc) is 2.66. The van der Waals surface area contributed by atoms with Crippen molar-refractivity contribution >= 4 is 17.5 Å². The zero-order valence-corrected chi connectivity index (χ0v) is 10.9. The zero-order chi connectivity index (χ0) is 13.6. The van der Waals surface area contributed by atoms with E-state index in [9.17, 15) is 14.7 Å². The van der Waals surface area contributed by atoms with Crippen LogP contribution in [-0.2, 0) is 9.59 Å². The number of aromatic hydroxyl groups is 1. The Morgan fingerprint density at radius 1 is 1.11 bits per heavy atom. The van der Waals surface area contributed by atoms with Crippen LogP contribution in [0, 0.1) is 18.8 Å². The topological polar surface area (TPSA) is 57.6 Å². The van der Waals surface area contributed by atoms with Crippen LogP contribution in [0.4, 0.5) is 5.69 Å². The van der Waals surface area contributed by atoms with Crippen molar-refractivity contribution in [3.05, 3.63) is 23.8 Å². The van der Waals surface area contributed by atoms with Gasteiger partial charge >= 0.3 is 0 Å². The van der Waals surface area contributed by atoms with Crippen LogP contribution in [0.1, 0.15) is 31.2 Å². The van der Waals surface area contributed by atoms with Gasteiger partial charge in [-0.05, 0) is 37.5 Å². The van der Waals surface area contributed by atoms with Crippen LogP contribution in [0.2, 0.25) is 0 Å². The Labute approximate surface area is 112 Å². The first-order valence-corrected chi connectivity index (χ1v) is 6.77. The second-order valence-electron chi connectivity index (χ2n) is 5.50. The number of phenolic OH excluding ortho intramolecular Hbond substituents is 1. The molecule has 4 heteroatoms. The maximum atomic E-state index is 12.4. The normalized spacial score (nSPS) is 26.7. The summed E-state index contributed by atoms with van der Waals surface area (Å²) >= 11 is 0. The largest absolute Gasteiger partial charge is 0.506 e. The second kappa shape index (κ2) is 4.37. The van der Waals surface area contributed by atoms with Gasteiger partial charge in [-0.2, -0.15) is 0 Å². The SMILES string of the molecule is Cc1ccc(O)c(N2C(=O)[C@H]3CCCC[C@H]3C2=O)c1. The van der Waals surface area contributed by atoms with E-state index in [1.54, 1.807) is 12.1 Å². The van der Waals surface area contributed by atoms with E-state index < -0.39 is 0 Å². The molecule has 0 bridgehead atoms. The number of benzene rings is 1. The molecule has 4 nitrogen and oxygen atoms in total. The first-order valence-electron chi connectivity index (χ1n) is 6.77. The van der Waals surface area contributed by atoms with Crippen molar-refractivity contribution < 1.29 is 14.7 Å². The summed E-state index contributed by atoms with van der Waals surface area (Å²) in [5.41, 5.74) is 1.26. The van der Waals surface area contributed by atoms with Crippen LogP contribution >= 0.6 is 0 Å². The second-order valence-corrected chi connectivity index (χ2v) is 5.50. The number of nitrogens with zero attached hydrogens (tertiary/aromatic N) is 1. The zero-order valence-electron chi connectivity index (χ0n) is 10.9. The molecule has 1 aliphatic carbocycles. The van der Waals surface area contributed by atoms with Gasteiger partial charge in [0.25, 0.3) is 0 Å². The van der Waals surface area contributed by atoms with Gasteiger partial charge in [0, 0.05) is 0 Å². The standard InChI is InChI=1S/C15H17NO3/c1-9-6-7-13(17)12(8-9)16-14(18)10-4-2-3-5-11(10)15(16)19/h6-8,10-11,17H,2-5H2,1H3/t10-,11+. The van der Waals surface area contributed by atoms with Gasteiger partial charge in [0.05, 0.1) is 17.5 Å². The molecular formula is C15H17NO3. The van der Waals surface area contributed by atoms with E-state index in [1.165, 1.54) is 11.0 Å². The molecule has 0 unspecified atom stereocenters. The van der Waals surface area contributed by atoms with Crippen LogP contribution in [0.15, 0.2) is 18.2 Å². The molecular weight excluding hydrogens is 242 g/mol. The molecule has 0 spiro atoms. The first-order chi connectivity index (χ1) is 9.09. The van der Waals surface area contributed by atoms with Crippen molar-refractivity contribution in [2.24, 2.45) is 11.8 Å². The lowest BCUT2D eigenvalue weighted by Crippen LogP contribution is -2.30. The summed E-state index contributed by atoms with van der Waals surface area (Å²) in [6.07, 6.45) is 3.60. The maximum Gasteiger partial charge on any atom is 0.237 e. The van der Waals surface area contributed by atoms with E-state index in [4.69, 9.17) is 0 Å². The molecule has 1 heterocycles. The van der Waals surface area contributed by atoms with Gasteiger partial charge in [-0.25, -0.2) is 4.90 Å². The van der Waals surface area contributed by atoms with Gasteiger partial charge < -0.3 is 5.11 Å². The number of anilines is 1. The van der Waals surface area contributed by atoms with Crippen LogP contribution < -0.4 is 4.90 Å². The fraction of sp³-hybridized carbons (Fsp3) is 0.467. The van der Waals surface area contributed by atoms with Gasteiger partial charge in [-0.15, -0.1) is 0 Å². The summed E-state index contributed by atoms with van der Waals surface area (Å²) in [6, 6.07) is 4.99. The Morgan fingerprint density at radius 3 is 2.26 bits per heavy atom. The van der Waals surface area contributed by atoms with Crippen molar-refractivity contribution in [3.63, 3.8) is 0 Å². The minimum atomic E-state index is -0.179. The number of imide groups is 1. The number of phenols is 1. The quantitative estimate of drug-likeness (QED) is 0.788. The fourth-order valence-corrected chi connectivity index (χ4v) is 3.21. The number of hydrogen-bond acceptors (Lipinski definition) is 3. The molecule has 2 fully saturated rings. The lowest BCUT2D eigenvalue weighted by atomic mass is 9.81. The number of carbonyl (C=O) groups is 2. The molecule has 2 amide bonds.